The monoisotopic (exact) mass is 327 g/mol. The molecule has 7 unspecified atom stereocenters. The second-order valence-corrected chi connectivity index (χ2v) is 9.24. The summed E-state index contributed by atoms with van der Waals surface area (Å²) in [7, 11) is 0. The van der Waals surface area contributed by atoms with Gasteiger partial charge in [0.2, 0.25) is 0 Å². The van der Waals surface area contributed by atoms with Crippen LogP contribution in [-0.2, 0) is 4.79 Å². The number of carbonyl (C=O) groups excluding carboxylic acids is 1. The summed E-state index contributed by atoms with van der Waals surface area (Å²) >= 11 is 0. The zero-order chi connectivity index (χ0) is 17.1. The van der Waals surface area contributed by atoms with E-state index in [4.69, 9.17) is 0 Å². The molecule has 0 amide bonds. The third-order valence-corrected chi connectivity index (χ3v) is 8.57. The van der Waals surface area contributed by atoms with Crippen molar-refractivity contribution in [2.75, 3.05) is 6.61 Å². The summed E-state index contributed by atoms with van der Waals surface area (Å²) in [6.45, 7) is 4.69. The third kappa shape index (κ3) is 2.02. The number of fused-ring (bicyclic) bond motifs is 5. The van der Waals surface area contributed by atoms with Crippen LogP contribution in [0.25, 0.3) is 0 Å². The lowest BCUT2D eigenvalue weighted by atomic mass is 9.48. The first-order valence-electron chi connectivity index (χ1n) is 9.70. The first-order chi connectivity index (χ1) is 11.4. The van der Waals surface area contributed by atoms with E-state index in [0.717, 1.165) is 32.1 Å². The Kier molecular flexibility index (Phi) is 3.69. The predicted octanol–water partition coefficient (Wildman–Crippen LogP) is 3.88. The molecule has 0 spiro atoms. The highest BCUT2D eigenvalue weighted by Crippen LogP contribution is 2.68. The molecule has 3 heteroatoms. The van der Waals surface area contributed by atoms with Gasteiger partial charge in [0.15, 0.2) is 5.78 Å². The van der Waals surface area contributed by atoms with Crippen molar-refractivity contribution >= 4 is 5.78 Å². The van der Waals surface area contributed by atoms with Crippen molar-refractivity contribution in [1.29, 1.82) is 5.26 Å². The SMILES string of the molecule is CC1(C#N)CCC2C3CC(CO)C4=CC(=O)CCC4C3CCC21C. The first-order valence-corrected chi connectivity index (χ1v) is 9.70. The second-order valence-electron chi connectivity index (χ2n) is 9.24. The lowest BCUT2D eigenvalue weighted by molar-refractivity contribution is -0.116. The quantitative estimate of drug-likeness (QED) is 0.795. The van der Waals surface area contributed by atoms with Crippen LogP contribution in [0.3, 0.4) is 0 Å². The average molecular weight is 327 g/mol. The van der Waals surface area contributed by atoms with Crippen molar-refractivity contribution in [2.24, 2.45) is 40.4 Å². The Bertz CT molecular complexity index is 632. The summed E-state index contributed by atoms with van der Waals surface area (Å²) in [6, 6.07) is 2.66. The van der Waals surface area contributed by atoms with E-state index in [0.29, 0.717) is 30.1 Å². The number of ketones is 1. The fourth-order valence-corrected chi connectivity index (χ4v) is 6.96. The van der Waals surface area contributed by atoms with Gasteiger partial charge in [0.05, 0.1) is 11.5 Å². The highest BCUT2D eigenvalue weighted by Gasteiger charge is 2.61. The van der Waals surface area contributed by atoms with E-state index < -0.39 is 0 Å². The molecule has 0 aromatic rings. The first kappa shape index (κ1) is 16.3. The summed E-state index contributed by atoms with van der Waals surface area (Å²) in [4.78, 5) is 11.9. The predicted molar refractivity (Wildman–Crippen MR) is 91.8 cm³/mol. The summed E-state index contributed by atoms with van der Waals surface area (Å²) < 4.78 is 0. The largest absolute Gasteiger partial charge is 0.396 e. The fraction of sp³-hybridized carbons (Fsp3) is 0.810. The summed E-state index contributed by atoms with van der Waals surface area (Å²) in [5.74, 6) is 2.79. The van der Waals surface area contributed by atoms with Gasteiger partial charge in [-0.05, 0) is 80.6 Å². The van der Waals surface area contributed by atoms with Crippen molar-refractivity contribution < 1.29 is 9.90 Å². The van der Waals surface area contributed by atoms with E-state index >= 15 is 0 Å². The van der Waals surface area contributed by atoms with Gasteiger partial charge in [0.25, 0.3) is 0 Å². The Morgan fingerprint density at radius 2 is 2.04 bits per heavy atom. The molecule has 4 aliphatic carbocycles. The number of carbonyl (C=O) groups is 1. The van der Waals surface area contributed by atoms with Crippen molar-refractivity contribution in [3.63, 3.8) is 0 Å². The lowest BCUT2D eigenvalue weighted by Gasteiger charge is -2.56. The minimum atomic E-state index is -0.198. The normalized spacial score (nSPS) is 50.3. The zero-order valence-corrected chi connectivity index (χ0v) is 14.9. The maximum atomic E-state index is 11.9. The van der Waals surface area contributed by atoms with Crippen LogP contribution in [0.2, 0.25) is 0 Å². The standard InChI is InChI=1S/C21H29NO2/c1-20(12-22)7-6-19-18-9-13(11-23)17-10-14(24)3-4-15(17)16(18)5-8-21(19,20)2/h10,13,15-16,18-19,23H,3-9,11H2,1-2H3. The summed E-state index contributed by atoms with van der Waals surface area (Å²) in [5.41, 5.74) is 1.17. The maximum Gasteiger partial charge on any atom is 0.155 e. The Morgan fingerprint density at radius 3 is 2.75 bits per heavy atom. The number of hydrogen-bond donors (Lipinski definition) is 1. The lowest BCUT2D eigenvalue weighted by Crippen LogP contribution is -2.50. The number of hydrogen-bond acceptors (Lipinski definition) is 3. The molecule has 4 aliphatic rings. The molecular weight excluding hydrogens is 298 g/mol. The van der Waals surface area contributed by atoms with Gasteiger partial charge >= 0.3 is 0 Å². The Balaban J connectivity index is 1.70. The molecule has 0 saturated heterocycles. The van der Waals surface area contributed by atoms with Gasteiger partial charge in [0.1, 0.15) is 0 Å². The van der Waals surface area contributed by atoms with Crippen molar-refractivity contribution in [3.05, 3.63) is 11.6 Å². The van der Waals surface area contributed by atoms with Gasteiger partial charge in [-0.1, -0.05) is 12.5 Å². The number of aliphatic hydroxyl groups excluding tert-OH is 1. The van der Waals surface area contributed by atoms with Crippen LogP contribution in [-0.4, -0.2) is 17.5 Å². The van der Waals surface area contributed by atoms with E-state index in [1.165, 1.54) is 12.0 Å². The molecule has 0 aromatic carbocycles. The minimum absolute atomic E-state index is 0.120. The Labute approximate surface area is 145 Å². The van der Waals surface area contributed by atoms with E-state index in [1.807, 2.05) is 6.08 Å². The van der Waals surface area contributed by atoms with Crippen LogP contribution in [0.5, 0.6) is 0 Å². The smallest absolute Gasteiger partial charge is 0.155 e. The van der Waals surface area contributed by atoms with Crippen LogP contribution in [0.1, 0.15) is 58.8 Å². The van der Waals surface area contributed by atoms with Crippen molar-refractivity contribution in [1.82, 2.24) is 0 Å². The molecule has 0 aliphatic heterocycles. The minimum Gasteiger partial charge on any atom is -0.396 e. The molecule has 1 N–H and O–H groups in total. The van der Waals surface area contributed by atoms with Gasteiger partial charge in [-0.25, -0.2) is 0 Å². The van der Waals surface area contributed by atoms with E-state index in [9.17, 15) is 15.2 Å². The molecule has 0 bridgehead atoms. The maximum absolute atomic E-state index is 11.9. The number of aliphatic hydroxyl groups is 1. The van der Waals surface area contributed by atoms with Crippen LogP contribution in [0.4, 0.5) is 0 Å². The van der Waals surface area contributed by atoms with Crippen LogP contribution >= 0.6 is 0 Å². The highest BCUT2D eigenvalue weighted by atomic mass is 16.3. The molecular formula is C21H29NO2. The van der Waals surface area contributed by atoms with Crippen LogP contribution < -0.4 is 0 Å². The number of rotatable bonds is 1. The molecule has 24 heavy (non-hydrogen) atoms. The Hall–Kier alpha value is -1.14. The molecule has 0 heterocycles. The molecule has 3 saturated carbocycles. The fourth-order valence-electron chi connectivity index (χ4n) is 6.96. The molecule has 0 radical (unpaired) electrons. The van der Waals surface area contributed by atoms with Gasteiger partial charge in [-0.2, -0.15) is 5.26 Å². The molecule has 4 rings (SSSR count). The molecule has 130 valence electrons. The van der Waals surface area contributed by atoms with E-state index in [1.54, 1.807) is 0 Å². The van der Waals surface area contributed by atoms with E-state index in [-0.39, 0.29) is 29.1 Å². The highest BCUT2D eigenvalue weighted by molar-refractivity contribution is 5.91. The van der Waals surface area contributed by atoms with Gasteiger partial charge < -0.3 is 5.11 Å². The van der Waals surface area contributed by atoms with Crippen LogP contribution in [0.15, 0.2) is 11.6 Å². The molecule has 0 aromatic heterocycles. The van der Waals surface area contributed by atoms with Crippen LogP contribution in [0, 0.1) is 51.8 Å². The molecule has 3 nitrogen and oxygen atoms in total. The van der Waals surface area contributed by atoms with Gasteiger partial charge in [-0.15, -0.1) is 0 Å². The number of nitrogens with zero attached hydrogens (tertiary/aromatic N) is 1. The third-order valence-electron chi connectivity index (χ3n) is 8.57. The zero-order valence-electron chi connectivity index (χ0n) is 14.9. The summed E-state index contributed by atoms with van der Waals surface area (Å²) in [5, 5.41) is 19.8. The van der Waals surface area contributed by atoms with E-state index in [2.05, 4.69) is 19.9 Å². The second kappa shape index (κ2) is 5.43. The molecule has 3 fully saturated rings. The average Bonchev–Trinajstić information content (AvgIpc) is 2.86. The van der Waals surface area contributed by atoms with Gasteiger partial charge in [-0.3, -0.25) is 4.79 Å². The summed E-state index contributed by atoms with van der Waals surface area (Å²) in [6.07, 6.45) is 9.03. The topological polar surface area (TPSA) is 61.1 Å². The Morgan fingerprint density at radius 1 is 1.25 bits per heavy atom. The van der Waals surface area contributed by atoms with Gasteiger partial charge in [0, 0.05) is 18.9 Å². The molecule has 7 atom stereocenters. The number of nitriles is 1. The van der Waals surface area contributed by atoms with Crippen molar-refractivity contribution in [2.45, 2.75) is 58.8 Å². The van der Waals surface area contributed by atoms with Crippen molar-refractivity contribution in [3.8, 4) is 6.07 Å².